The monoisotopic (exact) mass is 731 g/mol. The highest BCUT2D eigenvalue weighted by atomic mass is 32.1. The van der Waals surface area contributed by atoms with Crippen LogP contribution in [-0.2, 0) is 33.3 Å². The molecule has 0 atom stereocenters. The van der Waals surface area contributed by atoms with E-state index in [1.54, 1.807) is 14.0 Å². The predicted octanol–water partition coefficient (Wildman–Crippen LogP) is 9.14. The number of thiocarbonyl (C=S) groups is 1. The summed E-state index contributed by atoms with van der Waals surface area (Å²) in [7, 11) is 5.55. The second kappa shape index (κ2) is 154. The molecule has 0 aromatic heterocycles. The Balaban J connectivity index is -0.0000000184. The lowest BCUT2D eigenvalue weighted by atomic mass is 9.99. The number of hydrogen-bond acceptors (Lipinski definition) is 11. The fourth-order valence-electron chi connectivity index (χ4n) is 0. The fourth-order valence-corrected chi connectivity index (χ4v) is 0. The summed E-state index contributed by atoms with van der Waals surface area (Å²) in [5.74, 6) is -1.32. The zero-order valence-electron chi connectivity index (χ0n) is 35.3. The molecule has 0 amide bonds. The molecule has 0 aromatic carbocycles. The average Bonchev–Trinajstić information content (AvgIpc) is 3.09. The Morgan fingerprint density at radius 2 is 0.660 bits per heavy atom. The first kappa shape index (κ1) is 96.8. The highest BCUT2D eigenvalue weighted by Gasteiger charge is 2.17. The van der Waals surface area contributed by atoms with Crippen molar-refractivity contribution in [2.75, 3.05) is 42.7 Å². The number of carbonyl (C=O) groups excluding carboxylic acids is 2. The normalized spacial score (nSPS) is 5.96. The maximum Gasteiger partial charge on any atom is 0.448 e. The largest absolute Gasteiger partial charge is 0.491 e. The van der Waals surface area contributed by atoms with Crippen molar-refractivity contribution >= 4 is 42.3 Å². The molecule has 0 saturated carbocycles. The van der Waals surface area contributed by atoms with E-state index in [4.69, 9.17) is 25.1 Å². The van der Waals surface area contributed by atoms with Gasteiger partial charge in [-0.25, -0.2) is 0 Å². The molecule has 0 fully saturated rings. The van der Waals surface area contributed by atoms with Crippen molar-refractivity contribution in [1.29, 1.82) is 0 Å². The molecule has 0 saturated heterocycles. The van der Waals surface area contributed by atoms with Crippen molar-refractivity contribution in [3.63, 3.8) is 0 Å². The van der Waals surface area contributed by atoms with Crippen LogP contribution in [0.5, 0.6) is 0 Å². The Kier molecular flexibility index (Phi) is 317. The Bertz CT molecular complexity index is 383. The Morgan fingerprint density at radius 1 is 0.596 bits per heavy atom. The summed E-state index contributed by atoms with van der Waals surface area (Å²) >= 11 is 4.47. The maximum absolute atomic E-state index is 11.2. The number of esters is 2. The Hall–Kier alpha value is -2.01. The van der Waals surface area contributed by atoms with Crippen LogP contribution in [0.2, 0.25) is 6.82 Å². The molecule has 0 aliphatic heterocycles. The van der Waals surface area contributed by atoms with Crippen molar-refractivity contribution < 1.29 is 66.8 Å². The number of hydrogen-bond donors (Lipinski definition) is 4. The highest BCUT2D eigenvalue weighted by Crippen LogP contribution is 2.09. The zero-order valence-corrected chi connectivity index (χ0v) is 36.1. The number of carboxylic acids is 1. The zero-order chi connectivity index (χ0) is 43.2. The van der Waals surface area contributed by atoms with Crippen LogP contribution >= 0.6 is 12.2 Å². The molecular weight excluding hydrogens is 648 g/mol. The first-order valence-corrected chi connectivity index (χ1v) is 15.7. The summed E-state index contributed by atoms with van der Waals surface area (Å²) < 4.78 is 48.3. The van der Waals surface area contributed by atoms with Crippen molar-refractivity contribution in [3.8, 4) is 0 Å². The summed E-state index contributed by atoms with van der Waals surface area (Å²) in [4.78, 5) is 28.2. The van der Waals surface area contributed by atoms with Crippen molar-refractivity contribution in [2.45, 2.75) is 144 Å². The molecule has 0 radical (unpaired) electrons. The van der Waals surface area contributed by atoms with E-state index in [-0.39, 0.29) is 11.9 Å². The van der Waals surface area contributed by atoms with E-state index < -0.39 is 19.2 Å². The number of aliphatic hydroxyl groups is 1. The Morgan fingerprint density at radius 3 is 0.660 bits per heavy atom. The molecule has 0 heterocycles. The van der Waals surface area contributed by atoms with Gasteiger partial charge in [0.2, 0.25) is 0 Å². The number of halogens is 3. The van der Waals surface area contributed by atoms with Gasteiger partial charge in [0.05, 0.1) is 28.5 Å². The van der Waals surface area contributed by atoms with Gasteiger partial charge in [-0.2, -0.15) is 8.78 Å². The maximum atomic E-state index is 11.2. The molecule has 47 heavy (non-hydrogen) atoms. The predicted molar refractivity (Wildman–Crippen MR) is 202 cm³/mol. The smallest absolute Gasteiger partial charge is 0.448 e. The number of rotatable bonds is 1. The number of aliphatic hydroxyl groups excluding tert-OH is 1. The van der Waals surface area contributed by atoms with Crippen LogP contribution in [0, 0.1) is 0 Å². The third kappa shape index (κ3) is 1590. The van der Waals surface area contributed by atoms with Gasteiger partial charge < -0.3 is 39.2 Å². The van der Waals surface area contributed by atoms with E-state index in [9.17, 15) is 22.8 Å². The van der Waals surface area contributed by atoms with Gasteiger partial charge in [-0.05, 0) is 19.0 Å². The van der Waals surface area contributed by atoms with Gasteiger partial charge in [-0.1, -0.05) is 96.9 Å². The third-order valence-electron chi connectivity index (χ3n) is 1.22. The summed E-state index contributed by atoms with van der Waals surface area (Å²) in [6.07, 6.45) is -2.96. The number of ether oxygens (including phenoxy) is 4. The summed E-state index contributed by atoms with van der Waals surface area (Å²) in [6, 6.07) is 0. The molecule has 0 bridgehead atoms. The lowest BCUT2D eigenvalue weighted by Gasteiger charge is -2.03. The van der Waals surface area contributed by atoms with Crippen molar-refractivity contribution in [3.05, 3.63) is 0 Å². The van der Waals surface area contributed by atoms with Gasteiger partial charge >= 0.3 is 25.2 Å². The van der Waals surface area contributed by atoms with Gasteiger partial charge in [-0.15, -0.1) is 0 Å². The van der Waals surface area contributed by atoms with E-state index >= 15 is 0 Å². The van der Waals surface area contributed by atoms with Gasteiger partial charge in [-0.3, -0.25) is 18.8 Å². The Labute approximate surface area is 296 Å². The third-order valence-corrected chi connectivity index (χ3v) is 1.39. The van der Waals surface area contributed by atoms with E-state index in [2.05, 4.69) is 31.2 Å². The molecular formula is C31H82BF3O11S. The number of aliphatic carboxylic acids is 1. The van der Waals surface area contributed by atoms with Crippen molar-refractivity contribution in [1.82, 2.24) is 0 Å². The summed E-state index contributed by atoms with van der Waals surface area (Å²) in [6.45, 7) is 35.5. The van der Waals surface area contributed by atoms with Gasteiger partial charge in [0.15, 0.2) is 5.05 Å². The SMILES string of the molecule is CB(O)O.CC.CC.CC.CC.CC.CC.CC.CC(=O)O.CF.CO.COC(C)(F)F.COC(C)=O.COC(C)=O.COC(C)=S. The first-order valence-electron chi connectivity index (χ1n) is 15.3. The van der Waals surface area contributed by atoms with E-state index in [1.807, 2.05) is 96.9 Å². The van der Waals surface area contributed by atoms with Gasteiger partial charge in [0.1, 0.15) is 0 Å². The van der Waals surface area contributed by atoms with E-state index in [1.165, 1.54) is 34.9 Å². The summed E-state index contributed by atoms with van der Waals surface area (Å²) in [5, 5.41) is 30.2. The molecule has 0 aromatic rings. The molecule has 4 N–H and O–H groups in total. The topological polar surface area (TPSA) is 169 Å². The molecule has 0 unspecified atom stereocenters. The van der Waals surface area contributed by atoms with Crippen LogP contribution in [0.25, 0.3) is 0 Å². The minimum atomic E-state index is -2.96. The molecule has 0 spiro atoms. The highest BCUT2D eigenvalue weighted by molar-refractivity contribution is 7.80. The number of methoxy groups -OCH3 is 4. The molecule has 302 valence electrons. The van der Waals surface area contributed by atoms with Crippen molar-refractivity contribution in [2.24, 2.45) is 0 Å². The van der Waals surface area contributed by atoms with E-state index in [0.29, 0.717) is 19.2 Å². The quantitative estimate of drug-likeness (QED) is 0.115. The lowest BCUT2D eigenvalue weighted by Crippen LogP contribution is -2.10. The summed E-state index contributed by atoms with van der Waals surface area (Å²) in [5.41, 5.74) is 0. The number of alkyl halides is 3. The van der Waals surface area contributed by atoms with Gasteiger partial charge in [0.25, 0.3) is 5.97 Å². The molecule has 11 nitrogen and oxygen atoms in total. The van der Waals surface area contributed by atoms with E-state index in [0.717, 1.165) is 21.1 Å². The first-order chi connectivity index (χ1) is 21.8. The number of carbonyl (C=O) groups is 3. The lowest BCUT2D eigenvalue weighted by molar-refractivity contribution is -0.205. The molecule has 0 aliphatic carbocycles. The van der Waals surface area contributed by atoms with Gasteiger partial charge in [0, 0.05) is 48.8 Å². The van der Waals surface area contributed by atoms with Crippen LogP contribution < -0.4 is 0 Å². The van der Waals surface area contributed by atoms with Crippen LogP contribution in [0.3, 0.4) is 0 Å². The van der Waals surface area contributed by atoms with Crippen LogP contribution in [-0.4, -0.2) is 99.2 Å². The minimum absolute atomic E-state index is 0.245. The fraction of sp³-hybridized carbons (Fsp3) is 0.871. The van der Waals surface area contributed by atoms with Crippen LogP contribution in [0.15, 0.2) is 0 Å². The number of carboxylic acid groups (broad SMARTS) is 1. The minimum Gasteiger partial charge on any atom is -0.491 e. The average molecular weight is 731 g/mol. The van der Waals surface area contributed by atoms with Crippen LogP contribution in [0.1, 0.15) is 132 Å². The second-order valence-corrected chi connectivity index (χ2v) is 4.82. The standard InChI is InChI=1S/C3H6F2O.2C3H6O2.C3H6OS.C2H4O2.7C2H6.CH5BO2.CH3F.CH4O/c1-3(4,5)6-2;2*1-3(4)5-2;1-3(5)4-2;1-2(3)4;7*1-2;1-2(3)4;2*1-2/h1-2H3;3*1-2H3;1H3,(H,3,4);7*1-2H3;3-4H,1H3;1H3;2H,1H3. The van der Waals surface area contributed by atoms with Crippen LogP contribution in [0.4, 0.5) is 13.2 Å². The molecule has 16 heteroatoms. The molecule has 0 rings (SSSR count). The second-order valence-electron chi connectivity index (χ2n) is 4.25. The molecule has 0 aliphatic rings.